The fourth-order valence-corrected chi connectivity index (χ4v) is 4.35. The van der Waals surface area contributed by atoms with Crippen LogP contribution in [0, 0.1) is 28.1 Å². The van der Waals surface area contributed by atoms with Crippen molar-refractivity contribution in [3.05, 3.63) is 0 Å². The predicted octanol–water partition coefficient (Wildman–Crippen LogP) is 5.91. The maximum atomic E-state index is 13.8. The van der Waals surface area contributed by atoms with E-state index in [1.54, 1.807) is 0 Å². The SMILES string of the molecule is CC(C)(C)C1CCCC2(CC1C(C)(C)C)CC2(F)F. The molecule has 3 unspecified atom stereocenters. The van der Waals surface area contributed by atoms with Crippen LogP contribution in [0.15, 0.2) is 0 Å². The quantitative estimate of drug-likeness (QED) is 0.514. The van der Waals surface area contributed by atoms with Crippen LogP contribution in [0.5, 0.6) is 0 Å². The van der Waals surface area contributed by atoms with Crippen LogP contribution in [0.3, 0.4) is 0 Å². The van der Waals surface area contributed by atoms with Crippen LogP contribution in [0.25, 0.3) is 0 Å². The number of alkyl halides is 2. The second kappa shape index (κ2) is 4.18. The first-order chi connectivity index (χ1) is 8.39. The Morgan fingerprint density at radius 3 is 1.74 bits per heavy atom. The normalized spacial score (nSPS) is 39.2. The van der Waals surface area contributed by atoms with Gasteiger partial charge in [-0.15, -0.1) is 0 Å². The van der Waals surface area contributed by atoms with E-state index >= 15 is 0 Å². The van der Waals surface area contributed by atoms with E-state index in [1.807, 2.05) is 0 Å². The zero-order valence-electron chi connectivity index (χ0n) is 13.4. The molecule has 0 nitrogen and oxygen atoms in total. The maximum Gasteiger partial charge on any atom is 0.254 e. The molecule has 0 aromatic rings. The Morgan fingerprint density at radius 2 is 1.37 bits per heavy atom. The van der Waals surface area contributed by atoms with Crippen LogP contribution in [0.4, 0.5) is 8.78 Å². The van der Waals surface area contributed by atoms with Crippen molar-refractivity contribution in [1.29, 1.82) is 0 Å². The summed E-state index contributed by atoms with van der Waals surface area (Å²) in [7, 11) is 0. The average molecular weight is 272 g/mol. The van der Waals surface area contributed by atoms with E-state index < -0.39 is 11.3 Å². The van der Waals surface area contributed by atoms with Gasteiger partial charge < -0.3 is 0 Å². The minimum Gasteiger partial charge on any atom is -0.206 e. The molecule has 2 heteroatoms. The molecule has 0 heterocycles. The Kier molecular flexibility index (Phi) is 3.35. The van der Waals surface area contributed by atoms with Gasteiger partial charge in [-0.3, -0.25) is 0 Å². The van der Waals surface area contributed by atoms with Crippen LogP contribution in [-0.2, 0) is 0 Å². The van der Waals surface area contributed by atoms with E-state index in [1.165, 1.54) is 0 Å². The molecular formula is C17H30F2. The van der Waals surface area contributed by atoms with Gasteiger partial charge in [-0.25, -0.2) is 8.78 Å². The predicted molar refractivity (Wildman–Crippen MR) is 76.4 cm³/mol. The fourth-order valence-electron chi connectivity index (χ4n) is 4.35. The van der Waals surface area contributed by atoms with Crippen LogP contribution in [0.1, 0.15) is 73.6 Å². The highest BCUT2D eigenvalue weighted by Gasteiger charge is 2.71. The first-order valence-corrected chi connectivity index (χ1v) is 7.77. The molecule has 0 aliphatic heterocycles. The molecular weight excluding hydrogens is 242 g/mol. The minimum atomic E-state index is -2.39. The second-order valence-electron chi connectivity index (χ2n) is 9.20. The summed E-state index contributed by atoms with van der Waals surface area (Å²) in [6.07, 6.45) is 3.70. The first kappa shape index (κ1) is 15.3. The zero-order chi connectivity index (χ0) is 14.7. The van der Waals surface area contributed by atoms with Crippen molar-refractivity contribution in [1.82, 2.24) is 0 Å². The molecule has 2 aliphatic carbocycles. The van der Waals surface area contributed by atoms with E-state index in [0.29, 0.717) is 11.8 Å². The molecule has 2 rings (SSSR count). The molecule has 0 amide bonds. The van der Waals surface area contributed by atoms with Crippen molar-refractivity contribution < 1.29 is 8.78 Å². The van der Waals surface area contributed by atoms with Gasteiger partial charge in [0.1, 0.15) is 0 Å². The summed E-state index contributed by atoms with van der Waals surface area (Å²) in [5.41, 5.74) is -0.313. The Bertz CT molecular complexity index is 345. The van der Waals surface area contributed by atoms with E-state index in [-0.39, 0.29) is 17.3 Å². The third-order valence-electron chi connectivity index (χ3n) is 5.70. The van der Waals surface area contributed by atoms with Crippen molar-refractivity contribution >= 4 is 0 Å². The number of halogens is 2. The Morgan fingerprint density at radius 1 is 0.895 bits per heavy atom. The van der Waals surface area contributed by atoms with Crippen molar-refractivity contribution in [2.45, 2.75) is 79.6 Å². The van der Waals surface area contributed by atoms with Crippen LogP contribution in [-0.4, -0.2) is 5.92 Å². The molecule has 1 spiro atoms. The Labute approximate surface area is 117 Å². The molecule has 0 radical (unpaired) electrons. The van der Waals surface area contributed by atoms with Crippen LogP contribution in [0.2, 0.25) is 0 Å². The topological polar surface area (TPSA) is 0 Å². The number of hydrogen-bond donors (Lipinski definition) is 0. The molecule has 0 N–H and O–H groups in total. The summed E-state index contributed by atoms with van der Waals surface area (Å²) in [4.78, 5) is 0. The Hall–Kier alpha value is -0.140. The number of rotatable bonds is 0. The first-order valence-electron chi connectivity index (χ1n) is 7.77. The fraction of sp³-hybridized carbons (Fsp3) is 1.00. The van der Waals surface area contributed by atoms with Gasteiger partial charge in [0, 0.05) is 11.8 Å². The zero-order valence-corrected chi connectivity index (χ0v) is 13.4. The van der Waals surface area contributed by atoms with Gasteiger partial charge in [0.2, 0.25) is 0 Å². The third kappa shape index (κ3) is 2.69. The van der Waals surface area contributed by atoms with Crippen molar-refractivity contribution in [3.63, 3.8) is 0 Å². The highest BCUT2D eigenvalue weighted by atomic mass is 19.3. The van der Waals surface area contributed by atoms with Gasteiger partial charge in [-0.1, -0.05) is 48.0 Å². The van der Waals surface area contributed by atoms with E-state index in [4.69, 9.17) is 0 Å². The molecule has 0 saturated heterocycles. The van der Waals surface area contributed by atoms with Gasteiger partial charge in [0.05, 0.1) is 0 Å². The van der Waals surface area contributed by atoms with Gasteiger partial charge >= 0.3 is 0 Å². The van der Waals surface area contributed by atoms with Crippen LogP contribution >= 0.6 is 0 Å². The molecule has 0 aromatic heterocycles. The Balaban J connectivity index is 2.29. The average Bonchev–Trinajstić information content (AvgIpc) is 2.77. The van der Waals surface area contributed by atoms with E-state index in [2.05, 4.69) is 41.5 Å². The monoisotopic (exact) mass is 272 g/mol. The second-order valence-corrected chi connectivity index (χ2v) is 9.20. The summed E-state index contributed by atoms with van der Waals surface area (Å²) >= 11 is 0. The van der Waals surface area contributed by atoms with Crippen molar-refractivity contribution in [2.24, 2.45) is 28.1 Å². The van der Waals surface area contributed by atoms with Gasteiger partial charge in [-0.2, -0.15) is 0 Å². The maximum absolute atomic E-state index is 13.8. The van der Waals surface area contributed by atoms with E-state index in [9.17, 15) is 8.78 Å². The molecule has 0 bridgehead atoms. The van der Waals surface area contributed by atoms with Crippen molar-refractivity contribution in [3.8, 4) is 0 Å². The number of hydrogen-bond acceptors (Lipinski definition) is 0. The summed E-state index contributed by atoms with van der Waals surface area (Å²) < 4.78 is 27.7. The van der Waals surface area contributed by atoms with E-state index in [0.717, 1.165) is 25.7 Å². The lowest BCUT2D eigenvalue weighted by Crippen LogP contribution is -2.36. The minimum absolute atomic E-state index is 0.119. The largest absolute Gasteiger partial charge is 0.254 e. The smallest absolute Gasteiger partial charge is 0.206 e. The molecule has 2 aliphatic rings. The third-order valence-corrected chi connectivity index (χ3v) is 5.70. The highest BCUT2D eigenvalue weighted by Crippen LogP contribution is 2.69. The summed E-state index contributed by atoms with van der Waals surface area (Å²) in [5.74, 6) is -1.42. The lowest BCUT2D eigenvalue weighted by Gasteiger charge is -2.44. The molecule has 0 aromatic carbocycles. The van der Waals surface area contributed by atoms with Crippen molar-refractivity contribution in [2.75, 3.05) is 0 Å². The van der Waals surface area contributed by atoms with Gasteiger partial charge in [0.25, 0.3) is 5.92 Å². The molecule has 112 valence electrons. The molecule has 19 heavy (non-hydrogen) atoms. The molecule has 3 atom stereocenters. The lowest BCUT2D eigenvalue weighted by molar-refractivity contribution is 0.0177. The lowest BCUT2D eigenvalue weighted by atomic mass is 9.61. The summed E-state index contributed by atoms with van der Waals surface area (Å²) in [5, 5.41) is 0. The van der Waals surface area contributed by atoms with Gasteiger partial charge in [0.15, 0.2) is 0 Å². The summed E-state index contributed by atoms with van der Waals surface area (Å²) in [6.45, 7) is 13.5. The highest BCUT2D eigenvalue weighted by molar-refractivity contribution is 5.13. The van der Waals surface area contributed by atoms with Crippen LogP contribution < -0.4 is 0 Å². The standard InChI is InChI=1S/C17H30F2/c1-14(2,3)12-8-7-9-16(11-17(16,18)19)10-13(12)15(4,5)6/h12-13H,7-11H2,1-6H3. The summed E-state index contributed by atoms with van der Waals surface area (Å²) in [6, 6.07) is 0. The molecule has 2 saturated carbocycles. The molecule has 2 fully saturated rings. The van der Waals surface area contributed by atoms with Gasteiger partial charge in [-0.05, 0) is 41.9 Å².